The van der Waals surface area contributed by atoms with Crippen LogP contribution in [-0.4, -0.2) is 30.3 Å². The molecule has 0 aromatic heterocycles. The minimum Gasteiger partial charge on any atom is -0.343 e. The third-order valence-corrected chi connectivity index (χ3v) is 4.00. The van der Waals surface area contributed by atoms with Gasteiger partial charge in [0.05, 0.1) is 24.2 Å². The monoisotopic (exact) mass is 339 g/mol. The lowest BCUT2D eigenvalue weighted by molar-refractivity contribution is -0.130. The fourth-order valence-corrected chi connectivity index (χ4v) is 2.26. The number of likely N-dealkylation sites (N-methyl/N-ethyl adjacent to an activating group) is 1. The molecule has 2 aromatic carbocycles. The number of hydrogen-bond acceptors (Lipinski definition) is 3. The number of nitrogens with zero attached hydrogens (tertiary/aromatic N) is 2. The summed E-state index contributed by atoms with van der Waals surface area (Å²) in [6.45, 7) is 1.68. The minimum atomic E-state index is -0.388. The van der Waals surface area contributed by atoms with Crippen LogP contribution in [0.5, 0.6) is 0 Å². The normalized spacial score (nSPS) is 11.3. The van der Waals surface area contributed by atoms with Gasteiger partial charge in [0.25, 0.3) is 5.91 Å². The quantitative estimate of drug-likeness (QED) is 0.910. The highest BCUT2D eigenvalue weighted by atomic mass is 19.1. The van der Waals surface area contributed by atoms with Crippen LogP contribution in [0.15, 0.2) is 48.5 Å². The van der Waals surface area contributed by atoms with E-state index in [1.54, 1.807) is 31.3 Å². The summed E-state index contributed by atoms with van der Waals surface area (Å²) in [6, 6.07) is 13.8. The first kappa shape index (κ1) is 18.1. The van der Waals surface area contributed by atoms with Crippen molar-refractivity contribution in [3.8, 4) is 6.07 Å². The summed E-state index contributed by atoms with van der Waals surface area (Å²) in [5.41, 5.74) is 1.64. The van der Waals surface area contributed by atoms with Crippen LogP contribution in [0.2, 0.25) is 0 Å². The Kier molecular flexibility index (Phi) is 5.85. The van der Waals surface area contributed by atoms with Crippen LogP contribution < -0.4 is 5.32 Å². The van der Waals surface area contributed by atoms with Crippen LogP contribution in [0.25, 0.3) is 0 Å². The SMILES string of the molecule is C[C@H](c1ccc(F)cc1)N(C)C(=O)CNC(=O)c1ccc(C#N)cc1. The Bertz CT molecular complexity index is 795. The lowest BCUT2D eigenvalue weighted by atomic mass is 10.1. The van der Waals surface area contributed by atoms with E-state index in [-0.39, 0.29) is 30.2 Å². The smallest absolute Gasteiger partial charge is 0.251 e. The Hall–Kier alpha value is -3.20. The highest BCUT2D eigenvalue weighted by Crippen LogP contribution is 2.18. The molecule has 5 nitrogen and oxygen atoms in total. The van der Waals surface area contributed by atoms with Crippen molar-refractivity contribution in [3.05, 3.63) is 71.0 Å². The average Bonchev–Trinajstić information content (AvgIpc) is 2.65. The van der Waals surface area contributed by atoms with E-state index < -0.39 is 0 Å². The van der Waals surface area contributed by atoms with Gasteiger partial charge in [0, 0.05) is 12.6 Å². The van der Waals surface area contributed by atoms with Gasteiger partial charge in [-0.15, -0.1) is 0 Å². The summed E-state index contributed by atoms with van der Waals surface area (Å²) in [6.07, 6.45) is 0. The molecule has 0 radical (unpaired) electrons. The summed E-state index contributed by atoms with van der Waals surface area (Å²) in [4.78, 5) is 25.8. The van der Waals surface area contributed by atoms with E-state index in [0.717, 1.165) is 5.56 Å². The summed E-state index contributed by atoms with van der Waals surface area (Å²) < 4.78 is 13.0. The molecule has 2 amide bonds. The van der Waals surface area contributed by atoms with E-state index in [9.17, 15) is 14.0 Å². The third-order valence-electron chi connectivity index (χ3n) is 4.00. The Balaban J connectivity index is 1.93. The van der Waals surface area contributed by atoms with Crippen molar-refractivity contribution >= 4 is 11.8 Å². The molecule has 1 atom stereocenters. The molecule has 0 bridgehead atoms. The van der Waals surface area contributed by atoms with E-state index in [2.05, 4.69) is 5.32 Å². The number of nitriles is 1. The van der Waals surface area contributed by atoms with Crippen molar-refractivity contribution in [3.63, 3.8) is 0 Å². The number of halogens is 1. The second-order valence-corrected chi connectivity index (χ2v) is 5.60. The van der Waals surface area contributed by atoms with Crippen LogP contribution in [-0.2, 0) is 4.79 Å². The zero-order valence-electron chi connectivity index (χ0n) is 14.0. The molecule has 0 aliphatic carbocycles. The van der Waals surface area contributed by atoms with Crippen molar-refractivity contribution in [2.75, 3.05) is 13.6 Å². The number of hydrogen-bond donors (Lipinski definition) is 1. The molecule has 0 unspecified atom stereocenters. The first-order valence-electron chi connectivity index (χ1n) is 7.72. The van der Waals surface area contributed by atoms with Gasteiger partial charge in [0.1, 0.15) is 5.82 Å². The number of carbonyl (C=O) groups is 2. The predicted molar refractivity (Wildman–Crippen MR) is 91.1 cm³/mol. The molecule has 0 saturated heterocycles. The van der Waals surface area contributed by atoms with Gasteiger partial charge in [-0.25, -0.2) is 4.39 Å². The first-order chi connectivity index (χ1) is 11.9. The van der Waals surface area contributed by atoms with Crippen LogP contribution in [0, 0.1) is 17.1 Å². The molecule has 1 N–H and O–H groups in total. The molecule has 0 aliphatic rings. The number of rotatable bonds is 5. The van der Waals surface area contributed by atoms with Crippen LogP contribution in [0.1, 0.15) is 34.5 Å². The summed E-state index contributed by atoms with van der Waals surface area (Å²) >= 11 is 0. The van der Waals surface area contributed by atoms with Crippen molar-refractivity contribution in [2.24, 2.45) is 0 Å². The predicted octanol–water partition coefficient (Wildman–Crippen LogP) is 2.65. The topological polar surface area (TPSA) is 73.2 Å². The molecule has 6 heteroatoms. The fourth-order valence-electron chi connectivity index (χ4n) is 2.26. The molecule has 0 fully saturated rings. The van der Waals surface area contributed by atoms with Crippen molar-refractivity contribution in [1.29, 1.82) is 5.26 Å². The van der Waals surface area contributed by atoms with Gasteiger partial charge in [0.2, 0.25) is 5.91 Å². The molecule has 2 aromatic rings. The highest BCUT2D eigenvalue weighted by molar-refractivity contribution is 5.96. The van der Waals surface area contributed by atoms with E-state index in [0.29, 0.717) is 11.1 Å². The number of benzene rings is 2. The summed E-state index contributed by atoms with van der Waals surface area (Å²) in [7, 11) is 1.63. The number of amides is 2. The molecule has 0 heterocycles. The second-order valence-electron chi connectivity index (χ2n) is 5.60. The van der Waals surface area contributed by atoms with Crippen LogP contribution in [0.3, 0.4) is 0 Å². The van der Waals surface area contributed by atoms with Gasteiger partial charge in [0.15, 0.2) is 0 Å². The maximum Gasteiger partial charge on any atom is 0.251 e. The maximum atomic E-state index is 13.0. The van der Waals surface area contributed by atoms with Gasteiger partial charge < -0.3 is 10.2 Å². The fraction of sp³-hybridized carbons (Fsp3) is 0.211. The summed E-state index contributed by atoms with van der Waals surface area (Å²) in [5, 5.41) is 11.3. The zero-order chi connectivity index (χ0) is 18.4. The van der Waals surface area contributed by atoms with Gasteiger partial charge in [-0.2, -0.15) is 5.26 Å². The average molecular weight is 339 g/mol. The summed E-state index contributed by atoms with van der Waals surface area (Å²) in [5.74, 6) is -0.987. The Morgan fingerprint density at radius 2 is 1.76 bits per heavy atom. The van der Waals surface area contributed by atoms with Crippen molar-refractivity contribution in [1.82, 2.24) is 10.2 Å². The number of carbonyl (C=O) groups excluding carboxylic acids is 2. The molecule has 25 heavy (non-hydrogen) atoms. The maximum absolute atomic E-state index is 13.0. The van der Waals surface area contributed by atoms with E-state index >= 15 is 0 Å². The molecular formula is C19H18FN3O2. The lowest BCUT2D eigenvalue weighted by Gasteiger charge is -2.25. The van der Waals surface area contributed by atoms with Crippen LogP contribution in [0.4, 0.5) is 4.39 Å². The van der Waals surface area contributed by atoms with E-state index in [1.807, 2.05) is 13.0 Å². The minimum absolute atomic E-state index is 0.152. The second kappa shape index (κ2) is 8.06. The highest BCUT2D eigenvalue weighted by Gasteiger charge is 2.18. The Morgan fingerprint density at radius 1 is 1.16 bits per heavy atom. The first-order valence-corrected chi connectivity index (χ1v) is 7.72. The van der Waals surface area contributed by atoms with Crippen molar-refractivity contribution in [2.45, 2.75) is 13.0 Å². The number of nitrogens with one attached hydrogen (secondary N) is 1. The molecular weight excluding hydrogens is 321 g/mol. The lowest BCUT2D eigenvalue weighted by Crippen LogP contribution is -2.39. The van der Waals surface area contributed by atoms with Gasteiger partial charge in [-0.1, -0.05) is 12.1 Å². The zero-order valence-corrected chi connectivity index (χ0v) is 14.0. The molecule has 128 valence electrons. The van der Waals surface area contributed by atoms with E-state index in [1.165, 1.54) is 29.2 Å². The van der Waals surface area contributed by atoms with Gasteiger partial charge in [-0.3, -0.25) is 9.59 Å². The van der Waals surface area contributed by atoms with Gasteiger partial charge in [-0.05, 0) is 48.9 Å². The Morgan fingerprint density at radius 3 is 2.32 bits per heavy atom. The molecule has 2 rings (SSSR count). The van der Waals surface area contributed by atoms with Crippen LogP contribution >= 0.6 is 0 Å². The molecule has 0 spiro atoms. The Labute approximate surface area is 145 Å². The molecule has 0 aliphatic heterocycles. The largest absolute Gasteiger partial charge is 0.343 e. The molecule has 0 saturated carbocycles. The van der Waals surface area contributed by atoms with Gasteiger partial charge >= 0.3 is 0 Å². The standard InChI is InChI=1S/C19H18FN3O2/c1-13(15-7-9-17(20)10-8-15)23(2)18(24)12-22-19(25)16-5-3-14(11-21)4-6-16/h3-10,13H,12H2,1-2H3,(H,22,25)/t13-/m1/s1. The van der Waals surface area contributed by atoms with E-state index in [4.69, 9.17) is 5.26 Å². The third kappa shape index (κ3) is 4.64. The van der Waals surface area contributed by atoms with Crippen molar-refractivity contribution < 1.29 is 14.0 Å².